The number of pyridine rings is 2. The maximum atomic E-state index is 12.8. The molecule has 1 saturated heterocycles. The Morgan fingerprint density at radius 1 is 1.18 bits per heavy atom. The van der Waals surface area contributed by atoms with Gasteiger partial charge in [-0.25, -0.2) is 0 Å². The topological polar surface area (TPSA) is 91.7 Å². The van der Waals surface area contributed by atoms with Crippen LogP contribution in [0.1, 0.15) is 31.0 Å². The number of thioether (sulfide) groups is 1. The number of likely N-dealkylation sites (tertiary alicyclic amines) is 1. The van der Waals surface area contributed by atoms with Gasteiger partial charge in [0.15, 0.2) is 5.75 Å². The molecule has 9 nitrogen and oxygen atoms in total. The van der Waals surface area contributed by atoms with E-state index < -0.39 is 0 Å². The summed E-state index contributed by atoms with van der Waals surface area (Å²) in [6, 6.07) is 6.12. The predicted molar refractivity (Wildman–Crippen MR) is 132 cm³/mol. The maximum absolute atomic E-state index is 12.8. The summed E-state index contributed by atoms with van der Waals surface area (Å²) in [6.45, 7) is 5.34. The van der Waals surface area contributed by atoms with Crippen LogP contribution in [0, 0.1) is 0 Å². The van der Waals surface area contributed by atoms with E-state index in [-0.39, 0.29) is 17.5 Å². The molecule has 2 N–H and O–H groups in total. The number of hydrogen-bond donors (Lipinski definition) is 2. The van der Waals surface area contributed by atoms with Crippen LogP contribution in [0.25, 0.3) is 0 Å². The van der Waals surface area contributed by atoms with Crippen LogP contribution >= 0.6 is 11.8 Å². The van der Waals surface area contributed by atoms with Gasteiger partial charge >= 0.3 is 0 Å². The normalized spacial score (nSPS) is 22.5. The third kappa shape index (κ3) is 4.18. The van der Waals surface area contributed by atoms with E-state index in [2.05, 4.69) is 26.6 Å². The summed E-state index contributed by atoms with van der Waals surface area (Å²) >= 11 is 1.83. The highest BCUT2D eigenvalue weighted by molar-refractivity contribution is 7.99. The summed E-state index contributed by atoms with van der Waals surface area (Å²) in [4.78, 5) is 35.1. The molecule has 4 aliphatic rings. The minimum absolute atomic E-state index is 0.0254. The Morgan fingerprint density at radius 3 is 2.94 bits per heavy atom. The van der Waals surface area contributed by atoms with E-state index in [4.69, 9.17) is 4.74 Å². The SMILES string of the molecule is O=C1CNc2ccc(=O)n3c2N1CC[C@H]3CN1CCC(NCc2cc3c(cn2)OCCS3)CC1. The molecular formula is C24H30N6O3S. The van der Waals surface area contributed by atoms with Crippen LogP contribution in [0.15, 0.2) is 34.1 Å². The Balaban J connectivity index is 1.06. The maximum Gasteiger partial charge on any atom is 0.252 e. The van der Waals surface area contributed by atoms with Gasteiger partial charge < -0.3 is 20.3 Å². The fourth-order valence-electron chi connectivity index (χ4n) is 5.46. The smallest absolute Gasteiger partial charge is 0.252 e. The van der Waals surface area contributed by atoms with Crippen molar-refractivity contribution in [2.45, 2.75) is 42.8 Å². The van der Waals surface area contributed by atoms with E-state index >= 15 is 0 Å². The summed E-state index contributed by atoms with van der Waals surface area (Å²) in [6.07, 6.45) is 4.80. The number of fused-ring (bicyclic) bond motifs is 1. The van der Waals surface area contributed by atoms with Gasteiger partial charge in [0, 0.05) is 37.5 Å². The second-order valence-corrected chi connectivity index (χ2v) is 10.5. The van der Waals surface area contributed by atoms with Crippen LogP contribution in [-0.4, -0.2) is 71.5 Å². The lowest BCUT2D eigenvalue weighted by Gasteiger charge is -2.42. The number of anilines is 2. The highest BCUT2D eigenvalue weighted by atomic mass is 32.2. The molecule has 0 bridgehead atoms. The Kier molecular flexibility index (Phi) is 5.96. The molecule has 0 aliphatic carbocycles. The Bertz CT molecular complexity index is 1150. The second-order valence-electron chi connectivity index (χ2n) is 9.40. The first kappa shape index (κ1) is 21.9. The van der Waals surface area contributed by atoms with E-state index in [1.165, 1.54) is 4.90 Å². The van der Waals surface area contributed by atoms with Crippen molar-refractivity contribution < 1.29 is 9.53 Å². The average molecular weight is 483 g/mol. The largest absolute Gasteiger partial charge is 0.490 e. The van der Waals surface area contributed by atoms with Crippen molar-refractivity contribution in [2.24, 2.45) is 0 Å². The average Bonchev–Trinajstić information content (AvgIpc) is 2.87. The number of carbonyl (C=O) groups is 1. The Morgan fingerprint density at radius 2 is 2.06 bits per heavy atom. The van der Waals surface area contributed by atoms with Gasteiger partial charge in [0.1, 0.15) is 5.82 Å². The molecule has 0 aromatic carbocycles. The molecule has 180 valence electrons. The molecule has 1 amide bonds. The monoisotopic (exact) mass is 482 g/mol. The number of nitrogens with zero attached hydrogens (tertiary/aromatic N) is 4. The molecule has 10 heteroatoms. The Labute approximate surface area is 202 Å². The summed E-state index contributed by atoms with van der Waals surface area (Å²) in [5, 5.41) is 6.85. The zero-order valence-electron chi connectivity index (χ0n) is 19.2. The van der Waals surface area contributed by atoms with E-state index in [1.807, 2.05) is 22.5 Å². The van der Waals surface area contributed by atoms with Gasteiger partial charge in [-0.15, -0.1) is 11.8 Å². The number of hydrogen-bond acceptors (Lipinski definition) is 8. The summed E-state index contributed by atoms with van der Waals surface area (Å²) in [7, 11) is 0. The molecule has 34 heavy (non-hydrogen) atoms. The van der Waals surface area contributed by atoms with Crippen molar-refractivity contribution >= 4 is 29.2 Å². The number of aromatic nitrogens is 2. The number of ether oxygens (including phenoxy) is 1. The van der Waals surface area contributed by atoms with Crippen LogP contribution < -0.4 is 25.8 Å². The minimum atomic E-state index is -0.0254. The van der Waals surface area contributed by atoms with Crippen molar-refractivity contribution in [3.05, 3.63) is 40.4 Å². The predicted octanol–water partition coefficient (Wildman–Crippen LogP) is 1.69. The minimum Gasteiger partial charge on any atom is -0.490 e. The number of amides is 1. The van der Waals surface area contributed by atoms with Gasteiger partial charge in [-0.3, -0.25) is 24.0 Å². The number of carbonyl (C=O) groups excluding carboxylic acids is 1. The van der Waals surface area contributed by atoms with Crippen LogP contribution in [0.4, 0.5) is 11.5 Å². The lowest BCUT2D eigenvalue weighted by atomic mass is 10.0. The molecule has 1 atom stereocenters. The van der Waals surface area contributed by atoms with Crippen molar-refractivity contribution in [3.63, 3.8) is 0 Å². The Hall–Kier alpha value is -2.56. The zero-order chi connectivity index (χ0) is 23.1. The number of piperidine rings is 1. The summed E-state index contributed by atoms with van der Waals surface area (Å²) in [5.74, 6) is 2.68. The third-order valence-corrected chi connectivity index (χ3v) is 8.25. The van der Waals surface area contributed by atoms with Crippen molar-refractivity contribution in [2.75, 3.05) is 55.3 Å². The van der Waals surface area contributed by atoms with Gasteiger partial charge in [-0.1, -0.05) is 0 Å². The van der Waals surface area contributed by atoms with Crippen LogP contribution in [-0.2, 0) is 11.3 Å². The van der Waals surface area contributed by atoms with Crippen LogP contribution in [0.3, 0.4) is 0 Å². The molecule has 0 saturated carbocycles. The highest BCUT2D eigenvalue weighted by Gasteiger charge is 2.35. The molecular weight excluding hydrogens is 452 g/mol. The van der Waals surface area contributed by atoms with Gasteiger partial charge in [0.05, 0.1) is 41.7 Å². The molecule has 6 rings (SSSR count). The molecule has 1 fully saturated rings. The lowest BCUT2D eigenvalue weighted by Crippen LogP contribution is -2.51. The fourth-order valence-corrected chi connectivity index (χ4v) is 6.32. The number of rotatable bonds is 5. The van der Waals surface area contributed by atoms with Gasteiger partial charge in [-0.2, -0.15) is 0 Å². The van der Waals surface area contributed by atoms with Crippen molar-refractivity contribution in [3.8, 4) is 5.75 Å². The molecule has 0 unspecified atom stereocenters. The third-order valence-electron chi connectivity index (χ3n) is 7.25. The van der Waals surface area contributed by atoms with Crippen LogP contribution in [0.2, 0.25) is 0 Å². The second kappa shape index (κ2) is 9.24. The lowest BCUT2D eigenvalue weighted by molar-refractivity contribution is -0.117. The van der Waals surface area contributed by atoms with Crippen molar-refractivity contribution in [1.29, 1.82) is 0 Å². The quantitative estimate of drug-likeness (QED) is 0.665. The molecule has 4 aliphatic heterocycles. The first-order chi connectivity index (χ1) is 16.7. The summed E-state index contributed by atoms with van der Waals surface area (Å²) in [5.41, 5.74) is 1.91. The summed E-state index contributed by atoms with van der Waals surface area (Å²) < 4.78 is 7.49. The van der Waals surface area contributed by atoms with Gasteiger partial charge in [0.25, 0.3) is 5.56 Å². The molecule has 0 radical (unpaired) electrons. The molecule has 2 aromatic heterocycles. The van der Waals surface area contributed by atoms with E-state index in [1.54, 1.807) is 17.0 Å². The highest BCUT2D eigenvalue weighted by Crippen LogP contribution is 2.36. The van der Waals surface area contributed by atoms with Gasteiger partial charge in [-0.05, 0) is 44.5 Å². The number of nitrogens with one attached hydrogen (secondary N) is 2. The van der Waals surface area contributed by atoms with Gasteiger partial charge in [0.2, 0.25) is 5.91 Å². The first-order valence-corrected chi connectivity index (χ1v) is 13.1. The fraction of sp³-hybridized carbons (Fsp3) is 0.542. The molecule has 2 aromatic rings. The van der Waals surface area contributed by atoms with Crippen molar-refractivity contribution in [1.82, 2.24) is 19.8 Å². The standard InChI is InChI=1S/C24H30N6O3S/c31-22-2-1-19-24-29(23(32)14-27-19)8-5-18(30(22)24)15-28-6-3-16(4-7-28)25-12-17-11-21-20(13-26-17)33-9-10-34-21/h1-2,11,13,16,18,25,27H,3-10,12,14-15H2/t18-/m0/s1. The molecule has 0 spiro atoms. The van der Waals surface area contributed by atoms with Crippen LogP contribution in [0.5, 0.6) is 5.75 Å². The van der Waals surface area contributed by atoms with E-state index in [9.17, 15) is 9.59 Å². The first-order valence-electron chi connectivity index (χ1n) is 12.2. The molecule has 6 heterocycles. The van der Waals surface area contributed by atoms with E-state index in [0.29, 0.717) is 19.1 Å². The zero-order valence-corrected chi connectivity index (χ0v) is 20.0. The van der Waals surface area contributed by atoms with E-state index in [0.717, 1.165) is 80.7 Å².